The molecule has 0 saturated heterocycles. The average molecular weight is 431 g/mol. The third-order valence-electron chi connectivity index (χ3n) is 4.59. The summed E-state index contributed by atoms with van der Waals surface area (Å²) < 4.78 is 5.35. The normalized spacial score (nSPS) is 10.7. The highest BCUT2D eigenvalue weighted by Crippen LogP contribution is 2.19. The molecule has 0 saturated carbocycles. The molecule has 3 aromatic carbocycles. The van der Waals surface area contributed by atoms with Gasteiger partial charge in [0.05, 0.1) is 6.61 Å². The van der Waals surface area contributed by atoms with Gasteiger partial charge in [-0.3, -0.25) is 25.2 Å². The minimum Gasteiger partial charge on any atom is -0.494 e. The monoisotopic (exact) mass is 431 g/mol. The third-order valence-corrected chi connectivity index (χ3v) is 4.59. The van der Waals surface area contributed by atoms with E-state index in [1.165, 1.54) is 6.08 Å². The molecule has 164 valence electrons. The smallest absolute Gasteiger partial charge is 0.262 e. The first kappa shape index (κ1) is 22.6. The summed E-state index contributed by atoms with van der Waals surface area (Å²) in [7, 11) is 0. The van der Waals surface area contributed by atoms with Crippen molar-refractivity contribution in [2.45, 2.75) is 19.8 Å². The lowest BCUT2D eigenvalue weighted by Crippen LogP contribution is -2.41. The van der Waals surface area contributed by atoms with E-state index < -0.39 is 11.8 Å². The van der Waals surface area contributed by atoms with Crippen LogP contribution < -0.4 is 20.9 Å². The van der Waals surface area contributed by atoms with Gasteiger partial charge in [-0.2, -0.15) is 0 Å². The zero-order valence-electron chi connectivity index (χ0n) is 17.8. The van der Waals surface area contributed by atoms with E-state index in [9.17, 15) is 14.4 Å². The number of amides is 3. The maximum absolute atomic E-state index is 12.0. The van der Waals surface area contributed by atoms with Crippen LogP contribution in [0.3, 0.4) is 0 Å². The van der Waals surface area contributed by atoms with Gasteiger partial charge < -0.3 is 10.1 Å². The summed E-state index contributed by atoms with van der Waals surface area (Å²) in [6.45, 7) is 2.46. The zero-order chi connectivity index (χ0) is 22.8. The molecule has 0 unspecified atom stereocenters. The van der Waals surface area contributed by atoms with Gasteiger partial charge in [-0.15, -0.1) is 0 Å². The maximum Gasteiger partial charge on any atom is 0.262 e. The second-order valence-corrected chi connectivity index (χ2v) is 6.94. The van der Waals surface area contributed by atoms with Crippen LogP contribution in [-0.4, -0.2) is 24.3 Å². The number of fused-ring (bicyclic) bond motifs is 1. The lowest BCUT2D eigenvalue weighted by Gasteiger charge is -2.08. The molecule has 0 fully saturated rings. The van der Waals surface area contributed by atoms with E-state index in [0.29, 0.717) is 12.3 Å². The van der Waals surface area contributed by atoms with Gasteiger partial charge in [0.25, 0.3) is 5.91 Å². The number of hydrogen-bond acceptors (Lipinski definition) is 4. The molecule has 3 N–H and O–H groups in total. The number of nitrogens with one attached hydrogen (secondary N) is 3. The van der Waals surface area contributed by atoms with Gasteiger partial charge in [-0.25, -0.2) is 0 Å². The van der Waals surface area contributed by atoms with Gasteiger partial charge in [0.15, 0.2) is 0 Å². The van der Waals surface area contributed by atoms with Gasteiger partial charge in [0.2, 0.25) is 11.8 Å². The molecule has 3 amide bonds. The van der Waals surface area contributed by atoms with Crippen molar-refractivity contribution in [3.8, 4) is 5.75 Å². The van der Waals surface area contributed by atoms with E-state index in [4.69, 9.17) is 4.74 Å². The topological polar surface area (TPSA) is 96.5 Å². The Labute approximate surface area is 186 Å². The third kappa shape index (κ3) is 6.70. The lowest BCUT2D eigenvalue weighted by atomic mass is 10.0. The first-order valence-electron chi connectivity index (χ1n) is 10.3. The van der Waals surface area contributed by atoms with Crippen molar-refractivity contribution in [2.24, 2.45) is 0 Å². The number of anilines is 1. The van der Waals surface area contributed by atoms with Crippen LogP contribution in [0.15, 0.2) is 72.8 Å². The minimum atomic E-state index is -0.467. The Balaban J connectivity index is 1.40. The summed E-state index contributed by atoms with van der Waals surface area (Å²) >= 11 is 0. The van der Waals surface area contributed by atoms with E-state index >= 15 is 0 Å². The highest BCUT2D eigenvalue weighted by Gasteiger charge is 2.08. The summed E-state index contributed by atoms with van der Waals surface area (Å²) in [5.41, 5.74) is 6.15. The molecular weight excluding hydrogens is 406 g/mol. The van der Waals surface area contributed by atoms with Crippen molar-refractivity contribution in [3.63, 3.8) is 0 Å². The molecule has 0 radical (unpaired) electrons. The highest BCUT2D eigenvalue weighted by atomic mass is 16.5. The van der Waals surface area contributed by atoms with Crippen LogP contribution in [0, 0.1) is 0 Å². The molecular formula is C25H25N3O4. The van der Waals surface area contributed by atoms with Gasteiger partial charge in [-0.05, 0) is 53.6 Å². The van der Waals surface area contributed by atoms with Crippen molar-refractivity contribution in [3.05, 3.63) is 78.4 Å². The van der Waals surface area contributed by atoms with Crippen molar-refractivity contribution in [1.29, 1.82) is 0 Å². The standard InChI is InChI=1S/C25H25N3O4/c1-2-32-21-13-11-20(12-14-21)26-23(29)16-17-25(31)28-27-24(30)15-10-19-8-5-7-18-6-3-4-9-22(18)19/h3-15H,2,16-17H2,1H3,(H,26,29)(H,27,30)(H,28,31)/b15-10+. The fraction of sp³-hybridized carbons (Fsp3) is 0.160. The molecule has 0 aliphatic rings. The molecule has 0 bridgehead atoms. The largest absolute Gasteiger partial charge is 0.494 e. The van der Waals surface area contributed by atoms with Crippen molar-refractivity contribution < 1.29 is 19.1 Å². The number of carbonyl (C=O) groups excluding carboxylic acids is 3. The Morgan fingerprint density at radius 3 is 2.34 bits per heavy atom. The van der Waals surface area contributed by atoms with E-state index in [1.54, 1.807) is 30.3 Å². The fourth-order valence-corrected chi connectivity index (χ4v) is 3.05. The number of carbonyl (C=O) groups is 3. The van der Waals surface area contributed by atoms with E-state index in [0.717, 1.165) is 22.1 Å². The number of benzene rings is 3. The zero-order valence-corrected chi connectivity index (χ0v) is 17.8. The summed E-state index contributed by atoms with van der Waals surface area (Å²) in [6.07, 6.45) is 2.96. The van der Waals surface area contributed by atoms with Gasteiger partial charge in [0, 0.05) is 24.6 Å². The van der Waals surface area contributed by atoms with Gasteiger partial charge in [-0.1, -0.05) is 42.5 Å². The molecule has 32 heavy (non-hydrogen) atoms. The minimum absolute atomic E-state index is 0.0131. The Bertz CT molecular complexity index is 1120. The Morgan fingerprint density at radius 2 is 1.56 bits per heavy atom. The van der Waals surface area contributed by atoms with Crippen molar-refractivity contribution >= 4 is 40.3 Å². The molecule has 7 heteroatoms. The Hall–Kier alpha value is -4.13. The average Bonchev–Trinajstić information content (AvgIpc) is 2.81. The first-order valence-corrected chi connectivity index (χ1v) is 10.3. The van der Waals surface area contributed by atoms with Crippen LogP contribution >= 0.6 is 0 Å². The predicted octanol–water partition coefficient (Wildman–Crippen LogP) is 3.82. The van der Waals surface area contributed by atoms with Crippen LogP contribution in [0.25, 0.3) is 16.8 Å². The second kappa shape index (κ2) is 11.3. The van der Waals surface area contributed by atoms with Crippen LogP contribution in [-0.2, 0) is 14.4 Å². The fourth-order valence-electron chi connectivity index (χ4n) is 3.05. The number of hydrazine groups is 1. The Kier molecular flexibility index (Phi) is 7.97. The second-order valence-electron chi connectivity index (χ2n) is 6.94. The predicted molar refractivity (Wildman–Crippen MR) is 125 cm³/mol. The maximum atomic E-state index is 12.0. The molecule has 0 aromatic heterocycles. The summed E-state index contributed by atoms with van der Waals surface area (Å²) in [5.74, 6) is -0.509. The van der Waals surface area contributed by atoms with Crippen LogP contribution in [0.2, 0.25) is 0 Å². The van der Waals surface area contributed by atoms with Crippen molar-refractivity contribution in [2.75, 3.05) is 11.9 Å². The SMILES string of the molecule is CCOc1ccc(NC(=O)CCC(=O)NNC(=O)/C=C/c2cccc3ccccc23)cc1. The van der Waals surface area contributed by atoms with E-state index in [-0.39, 0.29) is 18.7 Å². The van der Waals surface area contributed by atoms with Crippen LogP contribution in [0.5, 0.6) is 5.75 Å². The Morgan fingerprint density at radius 1 is 0.844 bits per heavy atom. The molecule has 0 aliphatic heterocycles. The first-order chi connectivity index (χ1) is 15.5. The van der Waals surface area contributed by atoms with E-state index in [1.807, 2.05) is 49.4 Å². The molecule has 0 spiro atoms. The molecule has 0 aliphatic carbocycles. The summed E-state index contributed by atoms with van der Waals surface area (Å²) in [6, 6.07) is 20.7. The number of hydrogen-bond donors (Lipinski definition) is 3. The van der Waals surface area contributed by atoms with Gasteiger partial charge in [0.1, 0.15) is 5.75 Å². The van der Waals surface area contributed by atoms with Crippen molar-refractivity contribution in [1.82, 2.24) is 10.9 Å². The molecule has 3 rings (SSSR count). The lowest BCUT2D eigenvalue weighted by molar-refractivity contribution is -0.128. The summed E-state index contributed by atoms with van der Waals surface area (Å²) in [4.78, 5) is 35.9. The summed E-state index contributed by atoms with van der Waals surface area (Å²) in [5, 5.41) is 4.82. The molecule has 0 heterocycles. The van der Waals surface area contributed by atoms with Crippen LogP contribution in [0.1, 0.15) is 25.3 Å². The van der Waals surface area contributed by atoms with Gasteiger partial charge >= 0.3 is 0 Å². The highest BCUT2D eigenvalue weighted by molar-refractivity contribution is 5.98. The van der Waals surface area contributed by atoms with E-state index in [2.05, 4.69) is 16.2 Å². The molecule has 3 aromatic rings. The molecule has 7 nitrogen and oxygen atoms in total. The number of rotatable bonds is 8. The number of ether oxygens (including phenoxy) is 1. The quantitative estimate of drug-likeness (QED) is 0.373. The van der Waals surface area contributed by atoms with Crippen LogP contribution in [0.4, 0.5) is 5.69 Å². The molecule has 0 atom stereocenters.